The molecule has 1 N–H and O–H groups in total. The number of benzene rings is 1. The Morgan fingerprint density at radius 2 is 1.91 bits per heavy atom. The van der Waals surface area contributed by atoms with Crippen LogP contribution in [-0.4, -0.2) is 51.1 Å². The molecule has 32 heavy (non-hydrogen) atoms. The summed E-state index contributed by atoms with van der Waals surface area (Å²) in [5, 5.41) is 11.5. The lowest BCUT2D eigenvalue weighted by Gasteiger charge is -2.18. The minimum atomic E-state index is -0.183. The van der Waals surface area contributed by atoms with Crippen LogP contribution >= 0.6 is 0 Å². The molecule has 0 saturated heterocycles. The molecule has 0 radical (unpaired) electrons. The summed E-state index contributed by atoms with van der Waals surface area (Å²) in [7, 11) is 0. The van der Waals surface area contributed by atoms with Crippen molar-refractivity contribution in [2.45, 2.75) is 33.2 Å². The molecule has 0 aliphatic carbocycles. The number of carbonyl (C=O) groups excluding carboxylic acids is 2. The van der Waals surface area contributed by atoms with Crippen LogP contribution in [0.25, 0.3) is 0 Å². The number of nitrogens with one attached hydrogen (secondary N) is 1. The van der Waals surface area contributed by atoms with E-state index in [-0.39, 0.29) is 29.4 Å². The Kier molecular flexibility index (Phi) is 6.53. The Labute approximate surface area is 186 Å². The number of para-hydroxylation sites is 1. The Balaban J connectivity index is 1.35. The molecule has 3 heterocycles. The zero-order valence-electron chi connectivity index (χ0n) is 18.3. The first-order valence-corrected chi connectivity index (χ1v) is 10.8. The third kappa shape index (κ3) is 4.99. The number of rotatable bonds is 7. The zero-order valence-corrected chi connectivity index (χ0v) is 18.3. The Morgan fingerprint density at radius 3 is 2.69 bits per heavy atom. The molecule has 0 bridgehead atoms. The average Bonchev–Trinajstić information content (AvgIpc) is 3.35. The fraction of sp³-hybridized carbons (Fsp3) is 0.391. The number of carbonyl (C=O) groups is 2. The summed E-state index contributed by atoms with van der Waals surface area (Å²) in [5.41, 5.74) is 0. The van der Waals surface area contributed by atoms with Gasteiger partial charge in [0.1, 0.15) is 17.4 Å². The van der Waals surface area contributed by atoms with Crippen molar-refractivity contribution >= 4 is 11.8 Å². The standard InChI is InChI=1S/C23H27N5O4/c1-16(2)22(29)24-12-10-19-25-26-20-11-13-27(14-15-28(19)20)23(30)18-8-9-21(32-18)31-17-6-4-3-5-7-17/h3-9,16H,10-15H2,1-2H3,(H,24,29). The first kappa shape index (κ1) is 21.6. The highest BCUT2D eigenvalue weighted by Gasteiger charge is 2.25. The van der Waals surface area contributed by atoms with Crippen molar-refractivity contribution in [1.82, 2.24) is 25.0 Å². The Bertz CT molecular complexity index is 1070. The van der Waals surface area contributed by atoms with Crippen molar-refractivity contribution in [3.63, 3.8) is 0 Å². The van der Waals surface area contributed by atoms with Gasteiger partial charge in [-0.2, -0.15) is 0 Å². The fourth-order valence-electron chi connectivity index (χ4n) is 3.52. The maximum Gasteiger partial charge on any atom is 0.290 e. The van der Waals surface area contributed by atoms with Gasteiger partial charge in [0.25, 0.3) is 11.9 Å². The van der Waals surface area contributed by atoms with E-state index in [9.17, 15) is 9.59 Å². The van der Waals surface area contributed by atoms with E-state index in [1.807, 2.05) is 48.7 Å². The van der Waals surface area contributed by atoms with E-state index >= 15 is 0 Å². The van der Waals surface area contributed by atoms with Crippen molar-refractivity contribution in [3.05, 3.63) is 59.9 Å². The van der Waals surface area contributed by atoms with Crippen LogP contribution in [0, 0.1) is 5.92 Å². The Morgan fingerprint density at radius 1 is 1.09 bits per heavy atom. The van der Waals surface area contributed by atoms with E-state index in [0.717, 1.165) is 11.6 Å². The van der Waals surface area contributed by atoms with E-state index in [0.29, 0.717) is 44.8 Å². The molecule has 2 aromatic heterocycles. The van der Waals surface area contributed by atoms with Crippen LogP contribution in [-0.2, 0) is 24.2 Å². The second-order valence-corrected chi connectivity index (χ2v) is 7.96. The SMILES string of the molecule is CC(C)C(=O)NCCc1nnc2n1CCN(C(=O)c1ccc(Oc3ccccc3)o1)CC2. The fourth-order valence-corrected chi connectivity index (χ4v) is 3.52. The summed E-state index contributed by atoms with van der Waals surface area (Å²) in [4.78, 5) is 26.5. The highest BCUT2D eigenvalue weighted by molar-refractivity contribution is 5.91. The van der Waals surface area contributed by atoms with Crippen molar-refractivity contribution in [3.8, 4) is 11.7 Å². The van der Waals surface area contributed by atoms with Crippen LogP contribution in [0.5, 0.6) is 11.7 Å². The maximum atomic E-state index is 13.0. The molecule has 1 aliphatic rings. The van der Waals surface area contributed by atoms with Crippen LogP contribution in [0.1, 0.15) is 36.1 Å². The number of fused-ring (bicyclic) bond motifs is 1. The molecule has 0 spiro atoms. The topological polar surface area (TPSA) is 102 Å². The van der Waals surface area contributed by atoms with Gasteiger partial charge in [-0.1, -0.05) is 32.0 Å². The van der Waals surface area contributed by atoms with E-state index in [2.05, 4.69) is 15.5 Å². The van der Waals surface area contributed by atoms with Crippen molar-refractivity contribution in [2.75, 3.05) is 19.6 Å². The van der Waals surface area contributed by atoms with Crippen LogP contribution in [0.3, 0.4) is 0 Å². The van der Waals surface area contributed by atoms with Crippen LogP contribution < -0.4 is 10.1 Å². The van der Waals surface area contributed by atoms with Crippen LogP contribution in [0.15, 0.2) is 46.9 Å². The first-order valence-electron chi connectivity index (χ1n) is 10.8. The number of furan rings is 1. The highest BCUT2D eigenvalue weighted by atomic mass is 16.6. The first-order chi connectivity index (χ1) is 15.5. The normalized spacial score (nSPS) is 13.5. The van der Waals surface area contributed by atoms with E-state index in [1.54, 1.807) is 17.0 Å². The van der Waals surface area contributed by atoms with Gasteiger partial charge in [-0.15, -0.1) is 10.2 Å². The maximum absolute atomic E-state index is 13.0. The summed E-state index contributed by atoms with van der Waals surface area (Å²) >= 11 is 0. The second kappa shape index (κ2) is 9.67. The highest BCUT2D eigenvalue weighted by Crippen LogP contribution is 2.24. The molecule has 9 nitrogen and oxygen atoms in total. The predicted molar refractivity (Wildman–Crippen MR) is 116 cm³/mol. The molecule has 9 heteroatoms. The molecule has 0 fully saturated rings. The van der Waals surface area contributed by atoms with Crippen molar-refractivity contribution in [1.29, 1.82) is 0 Å². The van der Waals surface area contributed by atoms with Gasteiger partial charge in [-0.05, 0) is 18.2 Å². The smallest absolute Gasteiger partial charge is 0.290 e. The third-order valence-electron chi connectivity index (χ3n) is 5.32. The van der Waals surface area contributed by atoms with Crippen molar-refractivity contribution in [2.24, 2.45) is 5.92 Å². The monoisotopic (exact) mass is 437 g/mol. The lowest BCUT2D eigenvalue weighted by molar-refractivity contribution is -0.123. The summed E-state index contributed by atoms with van der Waals surface area (Å²) in [6.45, 7) is 5.87. The van der Waals surface area contributed by atoms with E-state index in [4.69, 9.17) is 9.15 Å². The number of aromatic nitrogens is 3. The number of hydrogen-bond acceptors (Lipinski definition) is 6. The molecule has 4 rings (SSSR count). The van der Waals surface area contributed by atoms with Gasteiger partial charge in [-0.25, -0.2) is 0 Å². The van der Waals surface area contributed by atoms with Gasteiger partial charge in [0, 0.05) is 51.0 Å². The number of ether oxygens (including phenoxy) is 1. The van der Waals surface area contributed by atoms with Crippen molar-refractivity contribution < 1.29 is 18.7 Å². The second-order valence-electron chi connectivity index (χ2n) is 7.96. The number of nitrogens with zero attached hydrogens (tertiary/aromatic N) is 4. The predicted octanol–water partition coefficient (Wildman–Crippen LogP) is 2.68. The Hall–Kier alpha value is -3.62. The molecule has 1 aliphatic heterocycles. The van der Waals surface area contributed by atoms with Gasteiger partial charge in [0.05, 0.1) is 0 Å². The molecule has 2 amide bonds. The third-order valence-corrected chi connectivity index (χ3v) is 5.32. The molecule has 168 valence electrons. The molecular weight excluding hydrogens is 410 g/mol. The van der Waals surface area contributed by atoms with Gasteiger partial charge >= 0.3 is 0 Å². The van der Waals surface area contributed by atoms with Gasteiger partial charge in [-0.3, -0.25) is 9.59 Å². The minimum Gasteiger partial charge on any atom is -0.426 e. The molecule has 0 atom stereocenters. The largest absolute Gasteiger partial charge is 0.426 e. The van der Waals surface area contributed by atoms with E-state index < -0.39 is 0 Å². The van der Waals surface area contributed by atoms with Crippen LogP contribution in [0.4, 0.5) is 0 Å². The van der Waals surface area contributed by atoms with Gasteiger partial charge < -0.3 is 23.9 Å². The quantitative estimate of drug-likeness (QED) is 0.610. The van der Waals surface area contributed by atoms with Gasteiger partial charge in [0.15, 0.2) is 5.76 Å². The molecule has 0 saturated carbocycles. The minimum absolute atomic E-state index is 0.0199. The van der Waals surface area contributed by atoms with E-state index in [1.165, 1.54) is 0 Å². The lowest BCUT2D eigenvalue weighted by atomic mass is 10.2. The molecule has 0 unspecified atom stereocenters. The summed E-state index contributed by atoms with van der Waals surface area (Å²) < 4.78 is 13.3. The number of amides is 2. The molecule has 1 aromatic carbocycles. The number of hydrogen-bond donors (Lipinski definition) is 1. The summed E-state index contributed by atoms with van der Waals surface area (Å²) in [5.74, 6) is 2.61. The molecular formula is C23H27N5O4. The zero-order chi connectivity index (χ0) is 22.5. The average molecular weight is 438 g/mol. The van der Waals surface area contributed by atoms with Crippen LogP contribution in [0.2, 0.25) is 0 Å². The summed E-state index contributed by atoms with van der Waals surface area (Å²) in [6, 6.07) is 12.6. The van der Waals surface area contributed by atoms with Gasteiger partial charge in [0.2, 0.25) is 5.91 Å². The summed E-state index contributed by atoms with van der Waals surface area (Å²) in [6.07, 6.45) is 1.20. The molecule has 3 aromatic rings. The lowest BCUT2D eigenvalue weighted by Crippen LogP contribution is -2.33.